The van der Waals surface area contributed by atoms with Crippen LogP contribution in [-0.2, 0) is 22.4 Å². The molecule has 1 aliphatic carbocycles. The minimum atomic E-state index is -0.182. The van der Waals surface area contributed by atoms with Gasteiger partial charge in [-0.15, -0.1) is 0 Å². The predicted molar refractivity (Wildman–Crippen MR) is 113 cm³/mol. The molecule has 1 aromatic rings. The Morgan fingerprint density at radius 2 is 1.68 bits per heavy atom. The second-order valence-electron chi connectivity index (χ2n) is 9.65. The summed E-state index contributed by atoms with van der Waals surface area (Å²) >= 11 is 0. The summed E-state index contributed by atoms with van der Waals surface area (Å²) in [4.78, 5) is 10.5. The van der Waals surface area contributed by atoms with E-state index in [1.54, 1.807) is 6.07 Å². The second kappa shape index (κ2) is 10.2. The monoisotopic (exact) mass is 390 g/mol. The first-order valence-corrected chi connectivity index (χ1v) is 10.9. The van der Waals surface area contributed by atoms with E-state index < -0.39 is 0 Å². The molecular formula is C24H38O4. The molecule has 0 atom stereocenters. The van der Waals surface area contributed by atoms with Crippen molar-refractivity contribution in [3.05, 3.63) is 23.3 Å². The number of hydrogen-bond donors (Lipinski definition) is 2. The third kappa shape index (κ3) is 7.37. The Hall–Kier alpha value is -1.71. The average molecular weight is 391 g/mol. The van der Waals surface area contributed by atoms with Crippen molar-refractivity contribution >= 4 is 6.47 Å². The number of phenols is 2. The van der Waals surface area contributed by atoms with Crippen LogP contribution in [0.2, 0.25) is 0 Å². The highest BCUT2D eigenvalue weighted by atomic mass is 16.5. The van der Waals surface area contributed by atoms with Crippen molar-refractivity contribution in [2.45, 2.75) is 103 Å². The van der Waals surface area contributed by atoms with Crippen LogP contribution in [0.15, 0.2) is 12.1 Å². The number of benzene rings is 1. The van der Waals surface area contributed by atoms with Crippen molar-refractivity contribution in [3.63, 3.8) is 0 Å². The molecule has 1 aromatic carbocycles. The zero-order valence-corrected chi connectivity index (χ0v) is 17.9. The minimum Gasteiger partial charge on any atom is -0.508 e. The number of hydrogen-bond acceptors (Lipinski definition) is 4. The predicted octanol–water partition coefficient (Wildman–Crippen LogP) is 6.06. The van der Waals surface area contributed by atoms with Gasteiger partial charge >= 0.3 is 0 Å². The van der Waals surface area contributed by atoms with Gasteiger partial charge in [0.1, 0.15) is 17.1 Å². The van der Waals surface area contributed by atoms with Gasteiger partial charge in [0.25, 0.3) is 6.47 Å². The van der Waals surface area contributed by atoms with Crippen LogP contribution in [0.25, 0.3) is 0 Å². The number of aromatic hydroxyl groups is 2. The Bertz CT molecular complexity index is 626. The summed E-state index contributed by atoms with van der Waals surface area (Å²) in [6.45, 7) is 7.37. The van der Waals surface area contributed by atoms with Crippen molar-refractivity contribution < 1.29 is 19.7 Å². The quantitative estimate of drug-likeness (QED) is 0.317. The highest BCUT2D eigenvalue weighted by Crippen LogP contribution is 2.43. The van der Waals surface area contributed by atoms with E-state index in [1.165, 1.54) is 12.8 Å². The molecule has 2 N–H and O–H groups in total. The third-order valence-corrected chi connectivity index (χ3v) is 5.88. The maximum Gasteiger partial charge on any atom is 0.293 e. The largest absolute Gasteiger partial charge is 0.508 e. The lowest BCUT2D eigenvalue weighted by atomic mass is 9.89. The number of unbranched alkanes of at least 4 members (excludes halogenated alkanes) is 4. The standard InChI is InChI=1S/C24H38O4/c1-23(2,3)14-8-4-6-10-19-12-13-21(26)20(22(19)27)11-7-5-9-15-24(16-17-24)28-18-25/h12-13,18,26-27H,4-11,14-17H2,1-3H3. The van der Waals surface area contributed by atoms with Gasteiger partial charge in [-0.05, 0) is 74.8 Å². The molecule has 0 bridgehead atoms. The van der Waals surface area contributed by atoms with E-state index in [-0.39, 0.29) is 17.1 Å². The fraction of sp³-hybridized carbons (Fsp3) is 0.708. The van der Waals surface area contributed by atoms with Gasteiger partial charge in [-0.25, -0.2) is 0 Å². The highest BCUT2D eigenvalue weighted by Gasteiger charge is 2.44. The molecule has 1 aliphatic rings. The fourth-order valence-electron chi connectivity index (χ4n) is 3.86. The fourth-order valence-corrected chi connectivity index (χ4v) is 3.86. The van der Waals surface area contributed by atoms with E-state index in [9.17, 15) is 15.0 Å². The summed E-state index contributed by atoms with van der Waals surface area (Å²) in [5, 5.41) is 20.8. The Labute approximate surface area is 170 Å². The zero-order valence-electron chi connectivity index (χ0n) is 17.9. The molecule has 4 heteroatoms. The first-order chi connectivity index (χ1) is 13.3. The molecule has 1 fully saturated rings. The molecule has 0 aromatic heterocycles. The van der Waals surface area contributed by atoms with Crippen LogP contribution in [0, 0.1) is 5.41 Å². The van der Waals surface area contributed by atoms with Gasteiger partial charge in [-0.3, -0.25) is 4.79 Å². The summed E-state index contributed by atoms with van der Waals surface area (Å²) in [5.41, 5.74) is 1.82. The van der Waals surface area contributed by atoms with E-state index >= 15 is 0 Å². The average Bonchev–Trinajstić information content (AvgIpc) is 3.38. The molecule has 0 saturated heterocycles. The van der Waals surface area contributed by atoms with Crippen LogP contribution in [0.4, 0.5) is 0 Å². The highest BCUT2D eigenvalue weighted by molar-refractivity contribution is 5.48. The Morgan fingerprint density at radius 3 is 2.32 bits per heavy atom. The van der Waals surface area contributed by atoms with Crippen LogP contribution in [0.3, 0.4) is 0 Å². The second-order valence-corrected chi connectivity index (χ2v) is 9.65. The first kappa shape index (κ1) is 22.6. The van der Waals surface area contributed by atoms with E-state index in [2.05, 4.69) is 20.8 Å². The lowest BCUT2D eigenvalue weighted by molar-refractivity contribution is -0.135. The van der Waals surface area contributed by atoms with Gasteiger partial charge in [-0.1, -0.05) is 46.1 Å². The first-order valence-electron chi connectivity index (χ1n) is 10.9. The summed E-state index contributed by atoms with van der Waals surface area (Å²) in [6, 6.07) is 3.57. The molecular weight excluding hydrogens is 352 g/mol. The van der Waals surface area contributed by atoms with Gasteiger partial charge < -0.3 is 14.9 Å². The molecule has 158 valence electrons. The summed E-state index contributed by atoms with van der Waals surface area (Å²) in [7, 11) is 0. The molecule has 0 aliphatic heterocycles. The molecule has 0 heterocycles. The van der Waals surface area contributed by atoms with Gasteiger partial charge in [0.05, 0.1) is 0 Å². The van der Waals surface area contributed by atoms with Crippen LogP contribution in [0.1, 0.15) is 96.1 Å². The number of carbonyl (C=O) groups excluding carboxylic acids is 1. The van der Waals surface area contributed by atoms with Crippen molar-refractivity contribution in [1.29, 1.82) is 0 Å². The Balaban J connectivity index is 1.74. The molecule has 0 spiro atoms. The normalized spacial score (nSPS) is 15.4. The summed E-state index contributed by atoms with van der Waals surface area (Å²) in [6.07, 6.45) is 12.0. The molecule has 2 rings (SSSR count). The maximum absolute atomic E-state index is 10.6. The van der Waals surface area contributed by atoms with Gasteiger partial charge in [0, 0.05) is 5.56 Å². The lowest BCUT2D eigenvalue weighted by Crippen LogP contribution is -2.12. The molecule has 4 nitrogen and oxygen atoms in total. The van der Waals surface area contributed by atoms with Crippen molar-refractivity contribution in [2.24, 2.45) is 5.41 Å². The van der Waals surface area contributed by atoms with E-state index in [1.807, 2.05) is 6.07 Å². The van der Waals surface area contributed by atoms with Gasteiger partial charge in [0.2, 0.25) is 0 Å². The molecule has 0 unspecified atom stereocenters. The molecule has 0 radical (unpaired) electrons. The van der Waals surface area contributed by atoms with Gasteiger partial charge in [0.15, 0.2) is 0 Å². The van der Waals surface area contributed by atoms with Crippen molar-refractivity contribution in [1.82, 2.24) is 0 Å². The SMILES string of the molecule is CC(C)(C)CCCCCc1ccc(O)c(CCCCCC2(OC=O)CC2)c1O. The van der Waals surface area contributed by atoms with Gasteiger partial charge in [-0.2, -0.15) is 0 Å². The van der Waals surface area contributed by atoms with E-state index in [0.717, 1.165) is 63.4 Å². The van der Waals surface area contributed by atoms with E-state index in [0.29, 0.717) is 23.9 Å². The number of phenolic OH excluding ortho intramolecular Hbond substituents is 2. The minimum absolute atomic E-state index is 0.182. The van der Waals surface area contributed by atoms with Crippen LogP contribution >= 0.6 is 0 Å². The number of carbonyl (C=O) groups is 1. The van der Waals surface area contributed by atoms with E-state index in [4.69, 9.17) is 4.74 Å². The van der Waals surface area contributed by atoms with Crippen molar-refractivity contribution in [3.8, 4) is 11.5 Å². The van der Waals surface area contributed by atoms with Crippen molar-refractivity contribution in [2.75, 3.05) is 0 Å². The molecule has 1 saturated carbocycles. The lowest BCUT2D eigenvalue weighted by Gasteiger charge is -2.17. The third-order valence-electron chi connectivity index (χ3n) is 5.88. The Kier molecular flexibility index (Phi) is 8.21. The topological polar surface area (TPSA) is 66.8 Å². The van der Waals surface area contributed by atoms with Crippen LogP contribution in [0.5, 0.6) is 11.5 Å². The Morgan fingerprint density at radius 1 is 1.00 bits per heavy atom. The zero-order chi connectivity index (χ0) is 20.6. The number of ether oxygens (including phenoxy) is 1. The summed E-state index contributed by atoms with van der Waals surface area (Å²) < 4.78 is 5.17. The van der Waals surface area contributed by atoms with Crippen LogP contribution < -0.4 is 0 Å². The van der Waals surface area contributed by atoms with Crippen LogP contribution in [-0.4, -0.2) is 22.3 Å². The maximum atomic E-state index is 10.6. The molecule has 28 heavy (non-hydrogen) atoms. The summed E-state index contributed by atoms with van der Waals surface area (Å²) in [5.74, 6) is 0.468. The molecule has 0 amide bonds. The smallest absolute Gasteiger partial charge is 0.293 e. The number of rotatable bonds is 13. The number of aryl methyl sites for hydroxylation is 1.